The fraction of sp³-hybridized carbons (Fsp3) is 0.438. The maximum Gasteiger partial charge on any atom is 0.129 e. The van der Waals surface area contributed by atoms with Crippen molar-refractivity contribution < 1.29 is 9.50 Å². The van der Waals surface area contributed by atoms with E-state index < -0.39 is 6.10 Å². The molecule has 2 aromatic rings. The maximum absolute atomic E-state index is 13.7. The standard InChI is InChI=1S/C16H22FN3O/c1-12(16(21)14-6-4-5-7-15(14)17)9-19(2)10-13-8-18-20(3)11-13/h4-8,11-12,16,21H,9-10H2,1-3H3. The molecule has 0 bridgehead atoms. The Kier molecular flexibility index (Phi) is 5.09. The van der Waals surface area contributed by atoms with Gasteiger partial charge in [0.25, 0.3) is 0 Å². The molecule has 0 aliphatic rings. The molecule has 5 heteroatoms. The Morgan fingerprint density at radius 2 is 2.10 bits per heavy atom. The van der Waals surface area contributed by atoms with Gasteiger partial charge >= 0.3 is 0 Å². The minimum atomic E-state index is -0.803. The van der Waals surface area contributed by atoms with Crippen molar-refractivity contribution >= 4 is 0 Å². The van der Waals surface area contributed by atoms with Crippen LogP contribution in [-0.2, 0) is 13.6 Å². The summed E-state index contributed by atoms with van der Waals surface area (Å²) in [4.78, 5) is 2.10. The Bertz CT molecular complexity index is 584. The molecule has 0 saturated heterocycles. The SMILES string of the molecule is CC(CN(C)Cc1cnn(C)c1)C(O)c1ccccc1F. The molecule has 0 fully saturated rings. The number of aliphatic hydroxyl groups excluding tert-OH is 1. The molecule has 0 radical (unpaired) electrons. The van der Waals surface area contributed by atoms with E-state index in [-0.39, 0.29) is 11.7 Å². The first kappa shape index (κ1) is 15.7. The van der Waals surface area contributed by atoms with E-state index in [1.165, 1.54) is 6.07 Å². The van der Waals surface area contributed by atoms with Crippen molar-refractivity contribution in [3.8, 4) is 0 Å². The number of aromatic nitrogens is 2. The largest absolute Gasteiger partial charge is 0.388 e. The number of hydrogen-bond acceptors (Lipinski definition) is 3. The van der Waals surface area contributed by atoms with Gasteiger partial charge in [0, 0.05) is 37.5 Å². The zero-order valence-corrected chi connectivity index (χ0v) is 12.7. The first-order valence-corrected chi connectivity index (χ1v) is 7.06. The zero-order valence-electron chi connectivity index (χ0n) is 12.7. The lowest BCUT2D eigenvalue weighted by molar-refractivity contribution is 0.0902. The van der Waals surface area contributed by atoms with Crippen LogP contribution in [0.1, 0.15) is 24.2 Å². The topological polar surface area (TPSA) is 41.3 Å². The van der Waals surface area contributed by atoms with Crippen molar-refractivity contribution in [2.75, 3.05) is 13.6 Å². The molecule has 21 heavy (non-hydrogen) atoms. The van der Waals surface area contributed by atoms with Crippen molar-refractivity contribution in [1.29, 1.82) is 0 Å². The molecular weight excluding hydrogens is 269 g/mol. The maximum atomic E-state index is 13.7. The van der Waals surface area contributed by atoms with E-state index in [2.05, 4.69) is 10.00 Å². The minimum Gasteiger partial charge on any atom is -0.388 e. The molecule has 0 aliphatic heterocycles. The highest BCUT2D eigenvalue weighted by Crippen LogP contribution is 2.24. The second-order valence-electron chi connectivity index (χ2n) is 5.66. The van der Waals surface area contributed by atoms with Gasteiger partial charge in [0.15, 0.2) is 0 Å². The first-order valence-electron chi connectivity index (χ1n) is 7.06. The van der Waals surface area contributed by atoms with E-state index in [0.717, 1.165) is 12.1 Å². The summed E-state index contributed by atoms with van der Waals surface area (Å²) in [6.07, 6.45) is 2.99. The average molecular weight is 291 g/mol. The van der Waals surface area contributed by atoms with E-state index in [9.17, 15) is 9.50 Å². The predicted molar refractivity (Wildman–Crippen MR) is 80.1 cm³/mol. The molecule has 1 heterocycles. The second kappa shape index (κ2) is 6.83. The van der Waals surface area contributed by atoms with Crippen LogP contribution in [0.15, 0.2) is 36.7 Å². The van der Waals surface area contributed by atoms with E-state index >= 15 is 0 Å². The quantitative estimate of drug-likeness (QED) is 0.888. The molecule has 1 N–H and O–H groups in total. The molecule has 2 atom stereocenters. The lowest BCUT2D eigenvalue weighted by Crippen LogP contribution is -2.27. The van der Waals surface area contributed by atoms with Gasteiger partial charge in [-0.1, -0.05) is 25.1 Å². The zero-order chi connectivity index (χ0) is 15.4. The van der Waals surface area contributed by atoms with Gasteiger partial charge in [0.2, 0.25) is 0 Å². The average Bonchev–Trinajstić information content (AvgIpc) is 2.83. The van der Waals surface area contributed by atoms with E-state index in [4.69, 9.17) is 0 Å². The number of rotatable bonds is 6. The molecular formula is C16H22FN3O. The molecule has 2 rings (SSSR count). The van der Waals surface area contributed by atoms with Crippen LogP contribution in [0.3, 0.4) is 0 Å². The summed E-state index contributed by atoms with van der Waals surface area (Å²) < 4.78 is 15.5. The molecule has 0 amide bonds. The van der Waals surface area contributed by atoms with Crippen molar-refractivity contribution in [3.63, 3.8) is 0 Å². The molecule has 0 spiro atoms. The van der Waals surface area contributed by atoms with Gasteiger partial charge < -0.3 is 10.0 Å². The third-order valence-corrected chi connectivity index (χ3v) is 3.57. The summed E-state index contributed by atoms with van der Waals surface area (Å²) in [5.74, 6) is -0.421. The fourth-order valence-corrected chi connectivity index (χ4v) is 2.54. The lowest BCUT2D eigenvalue weighted by Gasteiger charge is -2.25. The molecule has 1 aromatic heterocycles. The summed E-state index contributed by atoms with van der Waals surface area (Å²) in [6.45, 7) is 3.35. The molecule has 0 aliphatic carbocycles. The van der Waals surface area contributed by atoms with Crippen molar-refractivity contribution in [1.82, 2.24) is 14.7 Å². The highest BCUT2D eigenvalue weighted by Gasteiger charge is 2.20. The number of aryl methyl sites for hydroxylation is 1. The summed E-state index contributed by atoms with van der Waals surface area (Å²) in [5.41, 5.74) is 1.48. The van der Waals surface area contributed by atoms with Gasteiger partial charge in [0.05, 0.1) is 12.3 Å². The summed E-state index contributed by atoms with van der Waals surface area (Å²) in [6, 6.07) is 6.39. The second-order valence-corrected chi connectivity index (χ2v) is 5.66. The summed E-state index contributed by atoms with van der Waals surface area (Å²) in [7, 11) is 3.87. The van der Waals surface area contributed by atoms with Crippen LogP contribution in [-0.4, -0.2) is 33.4 Å². The predicted octanol–water partition coefficient (Wildman–Crippen LogP) is 2.36. The van der Waals surface area contributed by atoms with Gasteiger partial charge in [-0.2, -0.15) is 5.10 Å². The van der Waals surface area contributed by atoms with Crippen molar-refractivity contribution in [2.45, 2.75) is 19.6 Å². The number of aliphatic hydroxyl groups is 1. The van der Waals surface area contributed by atoms with Gasteiger partial charge in [-0.15, -0.1) is 0 Å². The van der Waals surface area contributed by atoms with E-state index in [1.54, 1.807) is 22.9 Å². The van der Waals surface area contributed by atoms with Gasteiger partial charge in [-0.3, -0.25) is 4.68 Å². The van der Waals surface area contributed by atoms with Crippen LogP contribution in [0, 0.1) is 11.7 Å². The van der Waals surface area contributed by atoms with Crippen molar-refractivity contribution in [3.05, 3.63) is 53.6 Å². The number of halogens is 1. The van der Waals surface area contributed by atoms with Crippen molar-refractivity contribution in [2.24, 2.45) is 13.0 Å². The Morgan fingerprint density at radius 1 is 1.38 bits per heavy atom. The van der Waals surface area contributed by atoms with Gasteiger partial charge in [-0.05, 0) is 19.0 Å². The van der Waals surface area contributed by atoms with Gasteiger partial charge in [0.1, 0.15) is 5.82 Å². The van der Waals surface area contributed by atoms with Gasteiger partial charge in [-0.25, -0.2) is 4.39 Å². The molecule has 2 unspecified atom stereocenters. The minimum absolute atomic E-state index is 0.0661. The van der Waals surface area contributed by atoms with Crippen LogP contribution in [0.25, 0.3) is 0 Å². The number of nitrogens with zero attached hydrogens (tertiary/aromatic N) is 3. The van der Waals surface area contributed by atoms with Crippen LogP contribution < -0.4 is 0 Å². The third-order valence-electron chi connectivity index (χ3n) is 3.57. The Balaban J connectivity index is 1.94. The van der Waals surface area contributed by atoms with Crippen LogP contribution >= 0.6 is 0 Å². The Morgan fingerprint density at radius 3 is 2.71 bits per heavy atom. The Labute approximate surface area is 124 Å². The molecule has 114 valence electrons. The summed E-state index contributed by atoms with van der Waals surface area (Å²) >= 11 is 0. The number of benzene rings is 1. The monoisotopic (exact) mass is 291 g/mol. The molecule has 0 saturated carbocycles. The first-order chi connectivity index (χ1) is 9.97. The van der Waals surface area contributed by atoms with E-state index in [1.807, 2.05) is 33.4 Å². The highest BCUT2D eigenvalue weighted by molar-refractivity contribution is 5.20. The van der Waals surface area contributed by atoms with Crippen LogP contribution in [0.5, 0.6) is 0 Å². The highest BCUT2D eigenvalue weighted by atomic mass is 19.1. The lowest BCUT2D eigenvalue weighted by atomic mass is 9.96. The smallest absolute Gasteiger partial charge is 0.129 e. The fourth-order valence-electron chi connectivity index (χ4n) is 2.54. The normalized spacial score (nSPS) is 14.4. The molecule has 4 nitrogen and oxygen atoms in total. The Hall–Kier alpha value is -1.72. The number of hydrogen-bond donors (Lipinski definition) is 1. The summed E-state index contributed by atoms with van der Waals surface area (Å²) in [5, 5.41) is 14.4. The van der Waals surface area contributed by atoms with Crippen LogP contribution in [0.4, 0.5) is 4.39 Å². The van der Waals surface area contributed by atoms with E-state index in [0.29, 0.717) is 12.1 Å². The molecule has 1 aromatic carbocycles. The van der Waals surface area contributed by atoms with Crippen LogP contribution in [0.2, 0.25) is 0 Å². The third kappa shape index (κ3) is 4.12.